The lowest BCUT2D eigenvalue weighted by atomic mass is 9.87. The van der Waals surface area contributed by atoms with Crippen molar-refractivity contribution in [1.29, 1.82) is 0 Å². The maximum Gasteiger partial charge on any atom is 0.122 e. The summed E-state index contributed by atoms with van der Waals surface area (Å²) in [5, 5.41) is 3.56. The minimum absolute atomic E-state index is 0.336. The zero-order valence-electron chi connectivity index (χ0n) is 13.7. The van der Waals surface area contributed by atoms with Gasteiger partial charge in [-0.1, -0.05) is 27.7 Å². The van der Waals surface area contributed by atoms with Crippen molar-refractivity contribution in [3.63, 3.8) is 0 Å². The molecule has 0 aliphatic heterocycles. The van der Waals surface area contributed by atoms with Crippen LogP contribution in [0.15, 0.2) is 18.2 Å². The summed E-state index contributed by atoms with van der Waals surface area (Å²) in [4.78, 5) is 0. The second-order valence-corrected chi connectivity index (χ2v) is 6.36. The molecule has 0 aromatic heterocycles. The summed E-state index contributed by atoms with van der Waals surface area (Å²) in [5.74, 6) is 1.69. The Kier molecular flexibility index (Phi) is 6.34. The first-order chi connectivity index (χ1) is 9.39. The molecule has 0 spiro atoms. The molecule has 1 N–H and O–H groups in total. The first-order valence-electron chi connectivity index (χ1n) is 7.36. The maximum atomic E-state index is 5.36. The minimum Gasteiger partial charge on any atom is -0.497 e. The molecule has 0 fully saturated rings. The van der Waals surface area contributed by atoms with E-state index in [4.69, 9.17) is 9.47 Å². The summed E-state index contributed by atoms with van der Waals surface area (Å²) in [6.45, 7) is 9.93. The molecule has 0 amide bonds. The number of ether oxygens (including phenoxy) is 2. The summed E-state index contributed by atoms with van der Waals surface area (Å²) < 4.78 is 10.7. The molecule has 3 heteroatoms. The van der Waals surface area contributed by atoms with Crippen LogP contribution in [0.2, 0.25) is 0 Å². The summed E-state index contributed by atoms with van der Waals surface area (Å²) >= 11 is 0. The zero-order valence-corrected chi connectivity index (χ0v) is 13.7. The molecule has 0 saturated carbocycles. The van der Waals surface area contributed by atoms with Gasteiger partial charge in [0.25, 0.3) is 0 Å². The number of methoxy groups -OCH3 is 2. The van der Waals surface area contributed by atoms with Gasteiger partial charge in [0.05, 0.1) is 14.2 Å². The average Bonchev–Trinajstić information content (AvgIpc) is 2.41. The normalized spacial score (nSPS) is 13.1. The zero-order chi connectivity index (χ0) is 15.2. The van der Waals surface area contributed by atoms with Crippen molar-refractivity contribution in [2.75, 3.05) is 20.8 Å². The first kappa shape index (κ1) is 16.8. The van der Waals surface area contributed by atoms with E-state index in [1.165, 1.54) is 12.0 Å². The third kappa shape index (κ3) is 5.41. The van der Waals surface area contributed by atoms with E-state index in [0.717, 1.165) is 24.5 Å². The summed E-state index contributed by atoms with van der Waals surface area (Å²) in [5.41, 5.74) is 1.57. The molecule has 0 heterocycles. The van der Waals surface area contributed by atoms with Crippen LogP contribution in [0, 0.1) is 5.41 Å². The number of benzene rings is 1. The standard InChI is InChI=1S/C17H29NO2/c1-7-18-16(8-9-17(2,3)4)13-10-14(19-5)12-15(11-13)20-6/h10-12,16,18H,7-9H2,1-6H3. The lowest BCUT2D eigenvalue weighted by Crippen LogP contribution is -2.22. The van der Waals surface area contributed by atoms with Crippen LogP contribution in [0.4, 0.5) is 0 Å². The smallest absolute Gasteiger partial charge is 0.122 e. The van der Waals surface area contributed by atoms with E-state index in [-0.39, 0.29) is 0 Å². The molecule has 1 aromatic carbocycles. The molecule has 0 aliphatic carbocycles. The Morgan fingerprint density at radius 1 is 1.05 bits per heavy atom. The van der Waals surface area contributed by atoms with Crippen molar-refractivity contribution < 1.29 is 9.47 Å². The fourth-order valence-corrected chi connectivity index (χ4v) is 2.24. The van der Waals surface area contributed by atoms with Crippen LogP contribution >= 0.6 is 0 Å². The summed E-state index contributed by atoms with van der Waals surface area (Å²) in [7, 11) is 3.38. The number of rotatable bonds is 7. The lowest BCUT2D eigenvalue weighted by Gasteiger charge is -2.24. The molecule has 1 aromatic rings. The largest absolute Gasteiger partial charge is 0.497 e. The van der Waals surface area contributed by atoms with Crippen molar-refractivity contribution in [1.82, 2.24) is 5.32 Å². The summed E-state index contributed by atoms with van der Waals surface area (Å²) in [6.07, 6.45) is 2.28. The molecule has 0 saturated heterocycles. The Hall–Kier alpha value is -1.22. The van der Waals surface area contributed by atoms with Crippen molar-refractivity contribution >= 4 is 0 Å². The van der Waals surface area contributed by atoms with Crippen LogP contribution in [0.5, 0.6) is 11.5 Å². The third-order valence-electron chi connectivity index (χ3n) is 3.41. The molecule has 114 valence electrons. The Balaban J connectivity index is 2.95. The molecule has 1 unspecified atom stereocenters. The lowest BCUT2D eigenvalue weighted by molar-refractivity contribution is 0.332. The van der Waals surface area contributed by atoms with Crippen molar-refractivity contribution in [3.05, 3.63) is 23.8 Å². The van der Waals surface area contributed by atoms with Crippen molar-refractivity contribution in [3.8, 4) is 11.5 Å². The number of nitrogens with one attached hydrogen (secondary N) is 1. The molecule has 1 rings (SSSR count). The molecular weight excluding hydrogens is 250 g/mol. The third-order valence-corrected chi connectivity index (χ3v) is 3.41. The van der Waals surface area contributed by atoms with Gasteiger partial charge < -0.3 is 14.8 Å². The topological polar surface area (TPSA) is 30.5 Å². The second kappa shape index (κ2) is 7.53. The molecule has 20 heavy (non-hydrogen) atoms. The fraction of sp³-hybridized carbons (Fsp3) is 0.647. The van der Waals surface area contributed by atoms with E-state index in [0.29, 0.717) is 11.5 Å². The van der Waals surface area contributed by atoms with Gasteiger partial charge in [0, 0.05) is 12.1 Å². The van der Waals surface area contributed by atoms with E-state index in [2.05, 4.69) is 45.1 Å². The molecule has 3 nitrogen and oxygen atoms in total. The highest BCUT2D eigenvalue weighted by Crippen LogP contribution is 2.31. The van der Waals surface area contributed by atoms with Gasteiger partial charge in [0.15, 0.2) is 0 Å². The number of hydrogen-bond acceptors (Lipinski definition) is 3. The van der Waals surface area contributed by atoms with Crippen molar-refractivity contribution in [2.24, 2.45) is 5.41 Å². The first-order valence-corrected chi connectivity index (χ1v) is 7.36. The van der Waals surface area contributed by atoms with Crippen LogP contribution in [0.25, 0.3) is 0 Å². The van der Waals surface area contributed by atoms with E-state index in [9.17, 15) is 0 Å². The Bertz CT molecular complexity index is 388. The van der Waals surface area contributed by atoms with Crippen LogP contribution in [-0.2, 0) is 0 Å². The van der Waals surface area contributed by atoms with Gasteiger partial charge >= 0.3 is 0 Å². The van der Waals surface area contributed by atoms with Gasteiger partial charge in [-0.15, -0.1) is 0 Å². The van der Waals surface area contributed by atoms with Crippen LogP contribution in [0.3, 0.4) is 0 Å². The van der Waals surface area contributed by atoms with Crippen LogP contribution in [0.1, 0.15) is 52.1 Å². The van der Waals surface area contributed by atoms with Gasteiger partial charge in [-0.3, -0.25) is 0 Å². The quantitative estimate of drug-likeness (QED) is 0.812. The molecular formula is C17H29NO2. The SMILES string of the molecule is CCNC(CCC(C)(C)C)c1cc(OC)cc(OC)c1. The van der Waals surface area contributed by atoms with E-state index in [1.807, 2.05) is 6.07 Å². The molecule has 1 atom stereocenters. The minimum atomic E-state index is 0.336. The highest BCUT2D eigenvalue weighted by Gasteiger charge is 2.17. The van der Waals surface area contributed by atoms with Gasteiger partial charge in [-0.2, -0.15) is 0 Å². The van der Waals surface area contributed by atoms with Crippen molar-refractivity contribution in [2.45, 2.75) is 46.6 Å². The maximum absolute atomic E-state index is 5.36. The van der Waals surface area contributed by atoms with E-state index >= 15 is 0 Å². The molecule has 0 aliphatic rings. The Morgan fingerprint density at radius 2 is 1.60 bits per heavy atom. The predicted molar refractivity (Wildman–Crippen MR) is 84.7 cm³/mol. The predicted octanol–water partition coefficient (Wildman–Crippen LogP) is 4.18. The molecule has 0 radical (unpaired) electrons. The Labute approximate surface area is 123 Å². The average molecular weight is 279 g/mol. The highest BCUT2D eigenvalue weighted by molar-refractivity contribution is 5.39. The van der Waals surface area contributed by atoms with Gasteiger partial charge in [-0.05, 0) is 42.5 Å². The highest BCUT2D eigenvalue weighted by atomic mass is 16.5. The Morgan fingerprint density at radius 3 is 2.00 bits per heavy atom. The van der Waals surface area contributed by atoms with Crippen LogP contribution in [-0.4, -0.2) is 20.8 Å². The van der Waals surface area contributed by atoms with Crippen LogP contribution < -0.4 is 14.8 Å². The monoisotopic (exact) mass is 279 g/mol. The van der Waals surface area contributed by atoms with E-state index in [1.54, 1.807) is 14.2 Å². The second-order valence-electron chi connectivity index (χ2n) is 6.36. The fourth-order valence-electron chi connectivity index (χ4n) is 2.24. The van der Waals surface area contributed by atoms with Gasteiger partial charge in [0.1, 0.15) is 11.5 Å². The molecule has 0 bridgehead atoms. The number of hydrogen-bond donors (Lipinski definition) is 1. The van der Waals surface area contributed by atoms with Gasteiger partial charge in [0.2, 0.25) is 0 Å². The van der Waals surface area contributed by atoms with E-state index < -0.39 is 0 Å². The van der Waals surface area contributed by atoms with Gasteiger partial charge in [-0.25, -0.2) is 0 Å². The summed E-state index contributed by atoms with van der Waals surface area (Å²) in [6, 6.07) is 6.44.